The molecule has 2 aliphatic heterocycles. The normalized spacial score (nSPS) is 16.8. The predicted molar refractivity (Wildman–Crippen MR) is 145 cm³/mol. The number of rotatable bonds is 9. The Balaban J connectivity index is 1.70. The maximum atomic E-state index is 12.2. The number of esters is 1. The number of urea groups is 1. The van der Waals surface area contributed by atoms with Crippen molar-refractivity contribution < 1.29 is 29.0 Å². The first-order chi connectivity index (χ1) is 18.9. The average Bonchev–Trinajstić information content (AvgIpc) is 2.93. The molecule has 3 N–H and O–H groups in total. The van der Waals surface area contributed by atoms with E-state index in [1.165, 1.54) is 4.90 Å². The van der Waals surface area contributed by atoms with E-state index in [-0.39, 0.29) is 18.4 Å². The van der Waals surface area contributed by atoms with E-state index in [0.29, 0.717) is 82.5 Å². The molecule has 0 saturated carbocycles. The number of hydrogen-bond acceptors (Lipinski definition) is 8. The van der Waals surface area contributed by atoms with Crippen LogP contribution in [0.2, 0.25) is 0 Å². The van der Waals surface area contributed by atoms with Crippen LogP contribution < -0.4 is 15.5 Å². The van der Waals surface area contributed by atoms with Gasteiger partial charge in [0.05, 0.1) is 31.6 Å². The van der Waals surface area contributed by atoms with E-state index in [9.17, 15) is 19.5 Å². The molecule has 210 valence electrons. The van der Waals surface area contributed by atoms with Gasteiger partial charge in [-0.05, 0) is 57.4 Å². The number of fused-ring (bicyclic) bond motifs is 1. The Morgan fingerprint density at radius 3 is 2.51 bits per heavy atom. The van der Waals surface area contributed by atoms with E-state index in [4.69, 9.17) is 19.4 Å². The first kappa shape index (κ1) is 28.1. The number of morpholine rings is 1. The Bertz CT molecular complexity index is 1170. The van der Waals surface area contributed by atoms with Crippen LogP contribution in [0.1, 0.15) is 50.4 Å². The van der Waals surface area contributed by atoms with Gasteiger partial charge in [-0.25, -0.2) is 19.6 Å². The minimum atomic E-state index is -1.02. The lowest BCUT2D eigenvalue weighted by atomic mass is 9.93. The lowest BCUT2D eigenvalue weighted by Crippen LogP contribution is -2.42. The molecule has 1 unspecified atom stereocenters. The van der Waals surface area contributed by atoms with Gasteiger partial charge in [0.25, 0.3) is 0 Å². The zero-order valence-corrected chi connectivity index (χ0v) is 22.4. The Kier molecular flexibility index (Phi) is 9.53. The van der Waals surface area contributed by atoms with Gasteiger partial charge in [0.1, 0.15) is 5.82 Å². The Labute approximate surface area is 227 Å². The number of aromatic nitrogens is 2. The van der Waals surface area contributed by atoms with Crippen LogP contribution in [0.3, 0.4) is 0 Å². The average molecular weight is 541 g/mol. The van der Waals surface area contributed by atoms with Gasteiger partial charge in [-0.2, -0.15) is 0 Å². The SMILES string of the molecule is CCNC(=O)Nc1ccc(-c2nc3c(c(N4CCOCC4)n2)CCN(C(=O)O)C3CCCC(=O)OCC)cc1. The fourth-order valence-corrected chi connectivity index (χ4v) is 4.94. The number of nitrogens with one attached hydrogen (secondary N) is 2. The van der Waals surface area contributed by atoms with E-state index in [0.717, 1.165) is 16.9 Å². The minimum Gasteiger partial charge on any atom is -0.466 e. The molecule has 1 saturated heterocycles. The molecule has 0 radical (unpaired) electrons. The van der Waals surface area contributed by atoms with Crippen molar-refractivity contribution in [3.05, 3.63) is 35.5 Å². The van der Waals surface area contributed by atoms with E-state index in [2.05, 4.69) is 15.5 Å². The summed E-state index contributed by atoms with van der Waals surface area (Å²) in [5, 5.41) is 15.5. The van der Waals surface area contributed by atoms with Crippen molar-refractivity contribution >= 4 is 29.6 Å². The molecule has 2 aromatic rings. The second kappa shape index (κ2) is 13.2. The molecule has 4 rings (SSSR count). The summed E-state index contributed by atoms with van der Waals surface area (Å²) in [5.41, 5.74) is 2.98. The lowest BCUT2D eigenvalue weighted by molar-refractivity contribution is -0.143. The largest absolute Gasteiger partial charge is 0.466 e. The highest BCUT2D eigenvalue weighted by Gasteiger charge is 2.35. The summed E-state index contributed by atoms with van der Waals surface area (Å²) in [6.07, 6.45) is 0.599. The van der Waals surface area contributed by atoms with Crippen LogP contribution in [0.15, 0.2) is 24.3 Å². The van der Waals surface area contributed by atoms with Crippen molar-refractivity contribution in [1.29, 1.82) is 0 Å². The molecule has 0 spiro atoms. The van der Waals surface area contributed by atoms with Crippen LogP contribution >= 0.6 is 0 Å². The third-order valence-electron chi connectivity index (χ3n) is 6.77. The number of carbonyl (C=O) groups is 3. The fourth-order valence-electron chi connectivity index (χ4n) is 4.94. The van der Waals surface area contributed by atoms with Crippen LogP contribution in [0.4, 0.5) is 21.1 Å². The fraction of sp³-hybridized carbons (Fsp3) is 0.519. The quantitative estimate of drug-likeness (QED) is 0.407. The third kappa shape index (κ3) is 6.94. The summed E-state index contributed by atoms with van der Waals surface area (Å²) >= 11 is 0. The number of carboxylic acid groups (broad SMARTS) is 1. The van der Waals surface area contributed by atoms with Gasteiger partial charge in [0, 0.05) is 49.4 Å². The molecule has 3 heterocycles. The molecule has 0 aliphatic carbocycles. The molecule has 0 bridgehead atoms. The highest BCUT2D eigenvalue weighted by atomic mass is 16.5. The van der Waals surface area contributed by atoms with Crippen LogP contribution in [-0.2, 0) is 20.7 Å². The third-order valence-corrected chi connectivity index (χ3v) is 6.77. The van der Waals surface area contributed by atoms with Gasteiger partial charge >= 0.3 is 18.1 Å². The Morgan fingerprint density at radius 2 is 1.85 bits per heavy atom. The summed E-state index contributed by atoms with van der Waals surface area (Å²) in [6.45, 7) is 7.27. The number of carbonyl (C=O) groups excluding carboxylic acids is 2. The molecule has 12 nitrogen and oxygen atoms in total. The highest BCUT2D eigenvalue weighted by molar-refractivity contribution is 5.89. The maximum Gasteiger partial charge on any atom is 0.407 e. The van der Waals surface area contributed by atoms with E-state index < -0.39 is 12.1 Å². The molecule has 1 aromatic carbocycles. The molecule has 2 aliphatic rings. The van der Waals surface area contributed by atoms with Crippen molar-refractivity contribution in [3.8, 4) is 11.4 Å². The number of amides is 3. The second-order valence-electron chi connectivity index (χ2n) is 9.33. The number of anilines is 2. The first-order valence-electron chi connectivity index (χ1n) is 13.4. The van der Waals surface area contributed by atoms with Crippen molar-refractivity contribution in [2.45, 2.75) is 45.6 Å². The zero-order valence-electron chi connectivity index (χ0n) is 22.4. The smallest absolute Gasteiger partial charge is 0.407 e. The van der Waals surface area contributed by atoms with Crippen molar-refractivity contribution in [2.75, 3.05) is 56.2 Å². The van der Waals surface area contributed by atoms with E-state index in [1.807, 2.05) is 19.1 Å². The van der Waals surface area contributed by atoms with Crippen LogP contribution in [0, 0.1) is 0 Å². The molecule has 12 heteroatoms. The van der Waals surface area contributed by atoms with Gasteiger partial charge in [-0.1, -0.05) is 0 Å². The summed E-state index contributed by atoms with van der Waals surface area (Å²) < 4.78 is 10.6. The molecule has 1 atom stereocenters. The van der Waals surface area contributed by atoms with Crippen LogP contribution in [0.25, 0.3) is 11.4 Å². The molecule has 1 fully saturated rings. The van der Waals surface area contributed by atoms with Crippen LogP contribution in [0.5, 0.6) is 0 Å². The number of ether oxygens (including phenoxy) is 2. The lowest BCUT2D eigenvalue weighted by Gasteiger charge is -2.38. The summed E-state index contributed by atoms with van der Waals surface area (Å²) in [4.78, 5) is 49.5. The summed E-state index contributed by atoms with van der Waals surface area (Å²) in [5.74, 6) is 0.972. The molecule has 1 aromatic heterocycles. The molecule has 3 amide bonds. The van der Waals surface area contributed by atoms with Crippen molar-refractivity contribution in [2.24, 2.45) is 0 Å². The van der Waals surface area contributed by atoms with Crippen molar-refractivity contribution in [1.82, 2.24) is 20.2 Å². The topological polar surface area (TPSA) is 146 Å². The predicted octanol–water partition coefficient (Wildman–Crippen LogP) is 3.43. The van der Waals surface area contributed by atoms with Gasteiger partial charge in [0.2, 0.25) is 0 Å². The maximum absolute atomic E-state index is 12.2. The van der Waals surface area contributed by atoms with Gasteiger partial charge < -0.3 is 30.1 Å². The number of nitrogens with zero attached hydrogens (tertiary/aromatic N) is 4. The van der Waals surface area contributed by atoms with Gasteiger partial charge in [-0.3, -0.25) is 9.69 Å². The van der Waals surface area contributed by atoms with Crippen LogP contribution in [-0.4, -0.2) is 84.1 Å². The summed E-state index contributed by atoms with van der Waals surface area (Å²) in [6, 6.07) is 6.43. The second-order valence-corrected chi connectivity index (χ2v) is 9.33. The molecular weight excluding hydrogens is 504 g/mol. The highest BCUT2D eigenvalue weighted by Crippen LogP contribution is 2.38. The first-order valence-corrected chi connectivity index (χ1v) is 13.4. The Morgan fingerprint density at radius 1 is 1.10 bits per heavy atom. The zero-order chi connectivity index (χ0) is 27.8. The molecule has 39 heavy (non-hydrogen) atoms. The van der Waals surface area contributed by atoms with E-state index in [1.54, 1.807) is 19.1 Å². The standard InChI is InChI=1S/C27H36N6O6/c1-3-28-26(35)29-19-10-8-18(9-11-19)24-30-23-20(25(31-24)32-14-16-38-17-15-32)12-13-33(27(36)37)21(23)6-5-7-22(34)39-4-2/h8-11,21H,3-7,12-17H2,1-2H3,(H,36,37)(H2,28,29,35). The van der Waals surface area contributed by atoms with E-state index >= 15 is 0 Å². The van der Waals surface area contributed by atoms with Gasteiger partial charge in [0.15, 0.2) is 5.82 Å². The molecular formula is C27H36N6O6. The minimum absolute atomic E-state index is 0.210. The Hall–Kier alpha value is -3.93. The summed E-state index contributed by atoms with van der Waals surface area (Å²) in [7, 11) is 0. The monoisotopic (exact) mass is 540 g/mol. The van der Waals surface area contributed by atoms with Gasteiger partial charge in [-0.15, -0.1) is 0 Å². The van der Waals surface area contributed by atoms with Crippen molar-refractivity contribution in [3.63, 3.8) is 0 Å². The number of benzene rings is 1. The number of hydrogen-bond donors (Lipinski definition) is 3.